The molecule has 2 saturated heterocycles. The van der Waals surface area contributed by atoms with Crippen LogP contribution in [0.5, 0.6) is 0 Å². The minimum atomic E-state index is -1.53. The number of ether oxygens (including phenoxy) is 6. The number of hydrogen-bond acceptors (Lipinski definition) is 12. The molecule has 13 nitrogen and oxygen atoms in total. The van der Waals surface area contributed by atoms with E-state index in [1.54, 1.807) is 20.8 Å². The molecule has 306 valence electrons. The van der Waals surface area contributed by atoms with Crippen molar-refractivity contribution in [3.63, 3.8) is 0 Å². The van der Waals surface area contributed by atoms with E-state index in [1.165, 1.54) is 32.2 Å². The number of likely N-dealkylation sites (N-methyl/N-ethyl adjacent to an activating group) is 1. The molecule has 0 radical (unpaired) electrons. The van der Waals surface area contributed by atoms with E-state index < -0.39 is 99.9 Å². The summed E-state index contributed by atoms with van der Waals surface area (Å²) < 4.78 is 53.2. The minimum Gasteiger partial charge on any atom is -0.457 e. The van der Waals surface area contributed by atoms with Crippen molar-refractivity contribution in [1.29, 1.82) is 0 Å². The summed E-state index contributed by atoms with van der Waals surface area (Å²) >= 11 is 0. The zero-order valence-electron chi connectivity index (χ0n) is 34.4. The van der Waals surface area contributed by atoms with Crippen molar-refractivity contribution < 1.29 is 52.3 Å². The summed E-state index contributed by atoms with van der Waals surface area (Å²) in [6.07, 6.45) is -1.15. The Hall–Kier alpha value is -3.17. The van der Waals surface area contributed by atoms with Crippen LogP contribution in [0.1, 0.15) is 100 Å². The second kappa shape index (κ2) is 14.3. The number of carbonyl (C=O) groups excluding carboxylic acids is 3. The summed E-state index contributed by atoms with van der Waals surface area (Å²) in [6, 6.07) is 1.38. The van der Waals surface area contributed by atoms with Gasteiger partial charge in [0.1, 0.15) is 29.7 Å². The average molecular weight is 774 g/mol. The minimum absolute atomic E-state index is 0.0185. The maximum atomic E-state index is 15.3. The first-order valence-electron chi connectivity index (χ1n) is 19.5. The Morgan fingerprint density at radius 3 is 2.45 bits per heavy atom. The normalized spacial score (nSPS) is 37.5. The van der Waals surface area contributed by atoms with Crippen molar-refractivity contribution in [2.45, 2.75) is 142 Å². The highest BCUT2D eigenvalue weighted by Crippen LogP contribution is 2.67. The van der Waals surface area contributed by atoms with Gasteiger partial charge in [-0.25, -0.2) is 9.18 Å². The van der Waals surface area contributed by atoms with Gasteiger partial charge in [0.2, 0.25) is 0 Å². The second-order valence-electron chi connectivity index (χ2n) is 18.5. The van der Waals surface area contributed by atoms with E-state index in [2.05, 4.69) is 17.2 Å². The molecule has 12 atom stereocenters. The van der Waals surface area contributed by atoms with Crippen molar-refractivity contribution >= 4 is 18.0 Å². The second-order valence-corrected chi connectivity index (χ2v) is 18.5. The lowest BCUT2D eigenvalue weighted by molar-refractivity contribution is -0.337. The van der Waals surface area contributed by atoms with Crippen LogP contribution in [0.2, 0.25) is 0 Å². The highest BCUT2D eigenvalue weighted by molar-refractivity contribution is 5.76. The predicted molar refractivity (Wildman–Crippen MR) is 198 cm³/mol. The summed E-state index contributed by atoms with van der Waals surface area (Å²) in [5.74, 6) is -3.96. The molecule has 2 aliphatic heterocycles. The lowest BCUT2D eigenvalue weighted by Crippen LogP contribution is -2.77. The van der Waals surface area contributed by atoms with Gasteiger partial charge in [-0.3, -0.25) is 14.6 Å². The van der Waals surface area contributed by atoms with Crippen LogP contribution < -0.4 is 5.32 Å². The molecule has 0 unspecified atom stereocenters. The third-order valence-corrected chi connectivity index (χ3v) is 13.2. The van der Waals surface area contributed by atoms with Crippen molar-refractivity contribution in [1.82, 2.24) is 15.2 Å². The molecule has 1 aromatic rings. The SMILES string of the molecule is CC(=O)O[C@@]12CO[C@@H]1CC[C@@]1(C)[C@@H]3O[C@H](CN(C)C)O[C@@H]3C3=C(C)[C@@H](OC(=O)[C@H](C)[C@@H](NC(=O)OC(C)(C)C)c4ncccc4F)C[C@@](O)([C@@H](C)[C@@H]12)C3(C)C. The number of halogens is 1. The smallest absolute Gasteiger partial charge is 0.408 e. The third kappa shape index (κ3) is 6.97. The fourth-order valence-electron chi connectivity index (χ4n) is 10.7. The van der Waals surface area contributed by atoms with Gasteiger partial charge in [0.15, 0.2) is 11.9 Å². The molecule has 2 saturated carbocycles. The number of alkyl carbamates (subject to hydrolysis) is 1. The van der Waals surface area contributed by atoms with Crippen molar-refractivity contribution in [2.75, 3.05) is 27.2 Å². The first-order chi connectivity index (χ1) is 25.5. The molecule has 5 aliphatic rings. The zero-order chi connectivity index (χ0) is 40.6. The number of amides is 1. The number of fused-ring (bicyclic) bond motifs is 8. The summed E-state index contributed by atoms with van der Waals surface area (Å²) in [5.41, 5.74) is -3.58. The summed E-state index contributed by atoms with van der Waals surface area (Å²) in [7, 11) is 3.89. The number of esters is 2. The van der Waals surface area contributed by atoms with Crippen LogP contribution in [0.25, 0.3) is 0 Å². The Morgan fingerprint density at radius 2 is 1.87 bits per heavy atom. The van der Waals surface area contributed by atoms with Gasteiger partial charge in [0, 0.05) is 42.8 Å². The van der Waals surface area contributed by atoms with E-state index in [0.29, 0.717) is 19.4 Å². The molecule has 6 rings (SSSR count). The van der Waals surface area contributed by atoms with Crippen molar-refractivity contribution in [3.8, 4) is 0 Å². The largest absolute Gasteiger partial charge is 0.457 e. The van der Waals surface area contributed by atoms with Gasteiger partial charge in [-0.15, -0.1) is 0 Å². The fourth-order valence-corrected chi connectivity index (χ4v) is 10.7. The first kappa shape index (κ1) is 41.5. The quantitative estimate of drug-likeness (QED) is 0.202. The summed E-state index contributed by atoms with van der Waals surface area (Å²) in [5, 5.41) is 16.1. The highest BCUT2D eigenvalue weighted by atomic mass is 19.1. The maximum absolute atomic E-state index is 15.3. The van der Waals surface area contributed by atoms with Gasteiger partial charge < -0.3 is 43.7 Å². The number of aliphatic hydroxyl groups is 1. The Morgan fingerprint density at radius 1 is 1.18 bits per heavy atom. The number of rotatable bonds is 8. The molecule has 1 amide bonds. The lowest BCUT2D eigenvalue weighted by atomic mass is 9.43. The number of nitrogens with zero attached hydrogens (tertiary/aromatic N) is 2. The van der Waals surface area contributed by atoms with Crippen LogP contribution >= 0.6 is 0 Å². The average Bonchev–Trinajstić information content (AvgIpc) is 3.46. The van der Waals surface area contributed by atoms with Crippen LogP contribution in [-0.4, -0.2) is 108 Å². The molecular formula is C41H60FN3O10. The Bertz CT molecular complexity index is 1710. The molecule has 3 aliphatic carbocycles. The molecule has 1 aromatic heterocycles. The molecule has 2 N–H and O–H groups in total. The van der Waals surface area contributed by atoms with Crippen molar-refractivity contribution in [2.24, 2.45) is 28.6 Å². The Kier molecular flexibility index (Phi) is 10.8. The monoisotopic (exact) mass is 773 g/mol. The van der Waals surface area contributed by atoms with E-state index in [9.17, 15) is 19.5 Å². The van der Waals surface area contributed by atoms with Crippen LogP contribution in [0.15, 0.2) is 29.5 Å². The molecule has 0 aromatic carbocycles. The summed E-state index contributed by atoms with van der Waals surface area (Å²) in [4.78, 5) is 46.3. The van der Waals surface area contributed by atoms with E-state index in [1.807, 2.05) is 46.7 Å². The van der Waals surface area contributed by atoms with E-state index in [-0.39, 0.29) is 24.8 Å². The molecule has 55 heavy (non-hydrogen) atoms. The number of carbonyl (C=O) groups is 3. The van der Waals surface area contributed by atoms with Crippen molar-refractivity contribution in [3.05, 3.63) is 41.0 Å². The zero-order valence-corrected chi connectivity index (χ0v) is 34.4. The summed E-state index contributed by atoms with van der Waals surface area (Å²) in [6.45, 7) is 18.7. The highest BCUT2D eigenvalue weighted by Gasteiger charge is 2.75. The molecule has 14 heteroatoms. The maximum Gasteiger partial charge on any atom is 0.408 e. The predicted octanol–water partition coefficient (Wildman–Crippen LogP) is 5.25. The fraction of sp³-hybridized carbons (Fsp3) is 0.756. The van der Waals surface area contributed by atoms with E-state index in [4.69, 9.17) is 28.4 Å². The van der Waals surface area contributed by atoms with Crippen LogP contribution in [0, 0.1) is 34.4 Å². The lowest BCUT2D eigenvalue weighted by Gasteiger charge is -2.68. The molecule has 4 fully saturated rings. The van der Waals surface area contributed by atoms with Gasteiger partial charge in [-0.1, -0.05) is 27.7 Å². The molecule has 3 heterocycles. The Labute approximate surface area is 324 Å². The van der Waals surface area contributed by atoms with Crippen LogP contribution in [0.4, 0.5) is 9.18 Å². The number of aromatic nitrogens is 1. The molecule has 0 spiro atoms. The van der Waals surface area contributed by atoms with Gasteiger partial charge in [0.25, 0.3) is 0 Å². The Balaban J connectivity index is 1.44. The van der Waals surface area contributed by atoms with E-state index in [0.717, 1.165) is 11.1 Å². The van der Waals surface area contributed by atoms with E-state index >= 15 is 4.39 Å². The van der Waals surface area contributed by atoms with Crippen LogP contribution in [0.3, 0.4) is 0 Å². The van der Waals surface area contributed by atoms with Gasteiger partial charge in [0.05, 0.1) is 36.0 Å². The standard InChI is InChI=1S/C41H60FN3O10/c1-21-26(51-35(47)22(2)30(31-25(42)14-13-17-43-31)44-36(48)55-37(5,6)7)18-41(49)23(3)33-39(10,16-15-27-40(33,20-50-27)54-24(4)46)34-32(29(21)38(41,8)9)52-28(53-34)19-45(11)12/h13-14,17,22-23,26-28,30,32-34,49H,15-16,18-20H2,1-12H3,(H,44,48)/t22-,23+,26+,27-,28-,30-,32-,33+,34-,39-,40+,41-/m1/s1. The molecular weight excluding hydrogens is 713 g/mol. The van der Waals surface area contributed by atoms with Crippen LogP contribution in [-0.2, 0) is 38.0 Å². The third-order valence-electron chi connectivity index (χ3n) is 13.2. The topological polar surface area (TPSA) is 155 Å². The van der Waals surface area contributed by atoms with Gasteiger partial charge >= 0.3 is 18.0 Å². The van der Waals surface area contributed by atoms with Gasteiger partial charge in [-0.05, 0) is 90.8 Å². The molecule has 2 bridgehead atoms. The van der Waals surface area contributed by atoms with Gasteiger partial charge in [-0.2, -0.15) is 0 Å². The first-order valence-corrected chi connectivity index (χ1v) is 19.5. The number of nitrogens with one attached hydrogen (secondary N) is 1. The number of pyridine rings is 1. The number of hydrogen-bond donors (Lipinski definition) is 2.